The van der Waals surface area contributed by atoms with Gasteiger partial charge in [-0.2, -0.15) is 13.2 Å². The predicted molar refractivity (Wildman–Crippen MR) is 66.1 cm³/mol. The molecule has 1 amide bonds. The van der Waals surface area contributed by atoms with Crippen LogP contribution in [0.25, 0.3) is 0 Å². The van der Waals surface area contributed by atoms with Gasteiger partial charge in [0.15, 0.2) is 0 Å². The molecule has 0 aromatic carbocycles. The first-order valence-electron chi connectivity index (χ1n) is 6.24. The summed E-state index contributed by atoms with van der Waals surface area (Å²) in [4.78, 5) is 21.4. The number of alkyl halides is 3. The maximum Gasteiger partial charge on any atom is 0.433 e. The zero-order valence-electron chi connectivity index (χ0n) is 11.0. The number of halogens is 3. The van der Waals surface area contributed by atoms with E-state index < -0.39 is 11.9 Å². The smallest absolute Gasteiger partial charge is 0.345 e. The summed E-state index contributed by atoms with van der Waals surface area (Å²) in [6.07, 6.45) is -1.20. The highest BCUT2D eigenvalue weighted by Crippen LogP contribution is 2.28. The zero-order valence-corrected chi connectivity index (χ0v) is 11.0. The highest BCUT2D eigenvalue weighted by atomic mass is 19.4. The minimum absolute atomic E-state index is 0.0898. The second-order valence-electron chi connectivity index (χ2n) is 4.73. The van der Waals surface area contributed by atoms with E-state index in [0.29, 0.717) is 25.9 Å². The van der Waals surface area contributed by atoms with Crippen LogP contribution in [0.3, 0.4) is 0 Å². The second-order valence-corrected chi connectivity index (χ2v) is 4.73. The summed E-state index contributed by atoms with van der Waals surface area (Å²) >= 11 is 0. The molecule has 110 valence electrons. The van der Waals surface area contributed by atoms with Gasteiger partial charge in [0.1, 0.15) is 5.69 Å². The topological polar surface area (TPSA) is 49.3 Å². The molecule has 8 heteroatoms. The average molecular weight is 288 g/mol. The van der Waals surface area contributed by atoms with E-state index in [1.807, 2.05) is 0 Å². The first-order chi connectivity index (χ1) is 9.41. The van der Waals surface area contributed by atoms with Crippen molar-refractivity contribution < 1.29 is 18.0 Å². The van der Waals surface area contributed by atoms with Crippen molar-refractivity contribution in [3.8, 4) is 0 Å². The molecule has 1 saturated heterocycles. The molecular formula is C12H15F3N4O. The van der Waals surface area contributed by atoms with Crippen molar-refractivity contribution in [1.29, 1.82) is 0 Å². The standard InChI is InChI=1S/C12H15F3N4O/c1-18(8-20)9-3-6-19(7-4-9)11-16-5-2-10(17-11)12(13,14)15/h2,5,8-9H,3-4,6-7H2,1H3. The number of nitrogens with zero attached hydrogens (tertiary/aromatic N) is 4. The Morgan fingerprint density at radius 1 is 1.40 bits per heavy atom. The lowest BCUT2D eigenvalue weighted by Crippen LogP contribution is -2.43. The van der Waals surface area contributed by atoms with Gasteiger partial charge in [-0.1, -0.05) is 0 Å². The molecule has 2 rings (SSSR count). The molecule has 0 N–H and O–H groups in total. The zero-order chi connectivity index (χ0) is 14.8. The first-order valence-corrected chi connectivity index (χ1v) is 6.24. The number of aromatic nitrogens is 2. The van der Waals surface area contributed by atoms with Crippen LogP contribution in [0.15, 0.2) is 12.3 Å². The summed E-state index contributed by atoms with van der Waals surface area (Å²) in [5.41, 5.74) is -0.936. The predicted octanol–water partition coefficient (Wildman–Crippen LogP) is 1.55. The van der Waals surface area contributed by atoms with E-state index in [1.54, 1.807) is 16.8 Å². The molecule has 1 fully saturated rings. The number of anilines is 1. The molecule has 2 heterocycles. The van der Waals surface area contributed by atoms with Crippen molar-refractivity contribution in [3.63, 3.8) is 0 Å². The third kappa shape index (κ3) is 3.17. The largest absolute Gasteiger partial charge is 0.433 e. The molecule has 20 heavy (non-hydrogen) atoms. The summed E-state index contributed by atoms with van der Waals surface area (Å²) in [7, 11) is 1.70. The van der Waals surface area contributed by atoms with Gasteiger partial charge >= 0.3 is 6.18 Å². The van der Waals surface area contributed by atoms with Crippen LogP contribution < -0.4 is 4.90 Å². The fourth-order valence-electron chi connectivity index (χ4n) is 2.22. The van der Waals surface area contributed by atoms with Crippen LogP contribution in [0, 0.1) is 0 Å². The van der Waals surface area contributed by atoms with Gasteiger partial charge < -0.3 is 9.80 Å². The van der Waals surface area contributed by atoms with E-state index >= 15 is 0 Å². The first kappa shape index (κ1) is 14.5. The van der Waals surface area contributed by atoms with Crippen LogP contribution in [0.4, 0.5) is 19.1 Å². The van der Waals surface area contributed by atoms with Crippen molar-refractivity contribution in [2.75, 3.05) is 25.0 Å². The van der Waals surface area contributed by atoms with Crippen LogP contribution in [0.2, 0.25) is 0 Å². The van der Waals surface area contributed by atoms with Gasteiger partial charge in [-0.3, -0.25) is 4.79 Å². The van der Waals surface area contributed by atoms with Crippen LogP contribution >= 0.6 is 0 Å². The van der Waals surface area contributed by atoms with E-state index in [9.17, 15) is 18.0 Å². The second kappa shape index (κ2) is 5.64. The molecule has 0 spiro atoms. The lowest BCUT2D eigenvalue weighted by Gasteiger charge is -2.35. The van der Waals surface area contributed by atoms with E-state index in [-0.39, 0.29) is 12.0 Å². The number of amides is 1. The molecule has 0 bridgehead atoms. The Balaban J connectivity index is 2.06. The van der Waals surface area contributed by atoms with Gasteiger partial charge in [-0.15, -0.1) is 0 Å². The lowest BCUT2D eigenvalue weighted by molar-refractivity contribution is -0.141. The van der Waals surface area contributed by atoms with E-state index in [4.69, 9.17) is 0 Å². The Morgan fingerprint density at radius 2 is 2.05 bits per heavy atom. The maximum absolute atomic E-state index is 12.6. The number of rotatable bonds is 3. The number of carbonyl (C=O) groups is 1. The molecular weight excluding hydrogens is 273 g/mol. The highest BCUT2D eigenvalue weighted by Gasteiger charge is 2.33. The number of carbonyl (C=O) groups excluding carboxylic acids is 1. The van der Waals surface area contributed by atoms with Gasteiger partial charge in [0, 0.05) is 32.4 Å². The molecule has 0 unspecified atom stereocenters. The van der Waals surface area contributed by atoms with Gasteiger partial charge in [0.25, 0.3) is 0 Å². The normalized spacial score (nSPS) is 17.1. The Bertz CT molecular complexity index is 472. The molecule has 1 aromatic rings. The molecule has 1 aliphatic rings. The fourth-order valence-corrected chi connectivity index (χ4v) is 2.22. The third-order valence-electron chi connectivity index (χ3n) is 3.42. The van der Waals surface area contributed by atoms with Crippen molar-refractivity contribution in [3.05, 3.63) is 18.0 Å². The Hall–Kier alpha value is -1.86. The van der Waals surface area contributed by atoms with Gasteiger partial charge in [-0.05, 0) is 18.9 Å². The summed E-state index contributed by atoms with van der Waals surface area (Å²) in [5, 5.41) is 0. The SMILES string of the molecule is CN(C=O)C1CCN(c2nccc(C(F)(F)F)n2)CC1. The minimum Gasteiger partial charge on any atom is -0.345 e. The summed E-state index contributed by atoms with van der Waals surface area (Å²) in [6, 6.07) is 0.978. The Labute approximate surface area is 114 Å². The molecule has 0 radical (unpaired) electrons. The molecule has 0 atom stereocenters. The van der Waals surface area contributed by atoms with Crippen molar-refractivity contribution >= 4 is 12.4 Å². The molecule has 0 aliphatic carbocycles. The molecule has 1 aromatic heterocycles. The molecule has 1 aliphatic heterocycles. The highest BCUT2D eigenvalue weighted by molar-refractivity contribution is 5.47. The van der Waals surface area contributed by atoms with E-state index in [2.05, 4.69) is 9.97 Å². The fraction of sp³-hybridized carbons (Fsp3) is 0.583. The average Bonchev–Trinajstić information content (AvgIpc) is 2.46. The quantitative estimate of drug-likeness (QED) is 0.792. The molecule has 5 nitrogen and oxygen atoms in total. The van der Waals surface area contributed by atoms with E-state index in [0.717, 1.165) is 18.7 Å². The Kier molecular flexibility index (Phi) is 4.10. The summed E-state index contributed by atoms with van der Waals surface area (Å²) in [5.74, 6) is 0.0898. The van der Waals surface area contributed by atoms with Gasteiger partial charge in [0.05, 0.1) is 0 Å². The third-order valence-corrected chi connectivity index (χ3v) is 3.42. The Morgan fingerprint density at radius 3 is 2.60 bits per heavy atom. The lowest BCUT2D eigenvalue weighted by atomic mass is 10.0. The summed E-state index contributed by atoms with van der Waals surface area (Å²) < 4.78 is 37.8. The van der Waals surface area contributed by atoms with Crippen LogP contribution in [0.5, 0.6) is 0 Å². The maximum atomic E-state index is 12.6. The summed E-state index contributed by atoms with van der Waals surface area (Å²) in [6.45, 7) is 1.06. The van der Waals surface area contributed by atoms with Gasteiger partial charge in [-0.25, -0.2) is 9.97 Å². The molecule has 0 saturated carbocycles. The van der Waals surface area contributed by atoms with Gasteiger partial charge in [0.2, 0.25) is 12.4 Å². The minimum atomic E-state index is -4.46. The van der Waals surface area contributed by atoms with Crippen LogP contribution in [-0.4, -0.2) is 47.5 Å². The van der Waals surface area contributed by atoms with Crippen LogP contribution in [-0.2, 0) is 11.0 Å². The number of hydrogen-bond acceptors (Lipinski definition) is 4. The monoisotopic (exact) mass is 288 g/mol. The van der Waals surface area contributed by atoms with Crippen molar-refractivity contribution in [1.82, 2.24) is 14.9 Å². The van der Waals surface area contributed by atoms with Crippen molar-refractivity contribution in [2.24, 2.45) is 0 Å². The van der Waals surface area contributed by atoms with E-state index in [1.165, 1.54) is 0 Å². The van der Waals surface area contributed by atoms with Crippen LogP contribution in [0.1, 0.15) is 18.5 Å². The number of piperidine rings is 1. The van der Waals surface area contributed by atoms with Crippen molar-refractivity contribution in [2.45, 2.75) is 25.1 Å². The number of hydrogen-bond donors (Lipinski definition) is 0.